The summed E-state index contributed by atoms with van der Waals surface area (Å²) in [4.78, 5) is 18.8. The lowest BCUT2D eigenvalue weighted by molar-refractivity contribution is 0.0966. The van der Waals surface area contributed by atoms with E-state index in [2.05, 4.69) is 44.8 Å². The molecule has 39 heavy (non-hydrogen) atoms. The van der Waals surface area contributed by atoms with Crippen LogP contribution in [0.5, 0.6) is 5.75 Å². The van der Waals surface area contributed by atoms with Crippen LogP contribution >= 0.6 is 36.4 Å². The highest BCUT2D eigenvalue weighted by molar-refractivity contribution is 6.34. The number of nitrogens with one attached hydrogen (secondary N) is 3. The van der Waals surface area contributed by atoms with Gasteiger partial charge in [-0.2, -0.15) is 0 Å². The number of aliphatic hydroxyl groups excluding tert-OH is 1. The van der Waals surface area contributed by atoms with E-state index in [1.165, 1.54) is 37.9 Å². The molecule has 0 spiro atoms. The summed E-state index contributed by atoms with van der Waals surface area (Å²) in [6, 6.07) is 10.6. The summed E-state index contributed by atoms with van der Waals surface area (Å²) in [5.41, 5.74) is 5.10. The Bertz CT molecular complexity index is 1290. The molecular weight excluding hydrogens is 559 g/mol. The van der Waals surface area contributed by atoms with Crippen molar-refractivity contribution in [3.8, 4) is 17.0 Å². The van der Waals surface area contributed by atoms with Gasteiger partial charge in [-0.05, 0) is 82.6 Å². The van der Waals surface area contributed by atoms with Gasteiger partial charge in [0.05, 0.1) is 23.8 Å². The summed E-state index contributed by atoms with van der Waals surface area (Å²) in [6.45, 7) is 8.86. The second-order valence-corrected chi connectivity index (χ2v) is 11.3. The molecule has 214 valence electrons. The molecule has 0 radical (unpaired) electrons. The predicted octanol–water partition coefficient (Wildman–Crippen LogP) is 5.69. The molecule has 5 rings (SSSR count). The van der Waals surface area contributed by atoms with Crippen molar-refractivity contribution in [2.75, 3.05) is 32.8 Å². The fraction of sp³-hybridized carbons (Fsp3) is 0.483. The molecule has 2 aliphatic heterocycles. The van der Waals surface area contributed by atoms with Crippen molar-refractivity contribution < 1.29 is 14.6 Å². The van der Waals surface area contributed by atoms with E-state index in [0.717, 1.165) is 40.7 Å². The van der Waals surface area contributed by atoms with Crippen LogP contribution in [-0.4, -0.2) is 59.3 Å². The minimum Gasteiger partial charge on any atom is -0.492 e. The van der Waals surface area contributed by atoms with Gasteiger partial charge in [-0.15, -0.1) is 24.8 Å². The second kappa shape index (κ2) is 13.6. The Kier molecular flexibility index (Phi) is 11.0. The zero-order chi connectivity index (χ0) is 26.0. The maximum absolute atomic E-state index is 12.8. The average Bonchev–Trinajstić information content (AvgIpc) is 3.49. The molecule has 3 aromatic rings. The van der Waals surface area contributed by atoms with E-state index >= 15 is 0 Å². The summed E-state index contributed by atoms with van der Waals surface area (Å²) in [7, 11) is 0. The molecule has 0 saturated carbocycles. The summed E-state index contributed by atoms with van der Waals surface area (Å²) in [5.74, 6) is 0.469. The first kappa shape index (κ1) is 31.5. The van der Waals surface area contributed by atoms with E-state index in [9.17, 15) is 9.90 Å². The quantitative estimate of drug-likeness (QED) is 0.226. The van der Waals surface area contributed by atoms with Crippen molar-refractivity contribution >= 4 is 53.2 Å². The number of benzene rings is 2. The largest absolute Gasteiger partial charge is 0.492 e. The first-order valence-electron chi connectivity index (χ1n) is 13.3. The van der Waals surface area contributed by atoms with E-state index in [1.807, 2.05) is 19.9 Å². The van der Waals surface area contributed by atoms with E-state index in [1.54, 1.807) is 0 Å². The number of aliphatic hydroxyl groups is 1. The van der Waals surface area contributed by atoms with E-state index in [4.69, 9.17) is 16.3 Å². The fourth-order valence-electron chi connectivity index (χ4n) is 5.23. The zero-order valence-corrected chi connectivity index (χ0v) is 25.0. The van der Waals surface area contributed by atoms with Crippen LogP contribution in [0.1, 0.15) is 61.0 Å². The molecule has 10 heteroatoms. The van der Waals surface area contributed by atoms with Crippen LogP contribution in [-0.2, 0) is 13.1 Å². The Labute approximate surface area is 247 Å². The number of carbonyl (C=O) groups is 1. The Hall–Kier alpha value is -2.00. The van der Waals surface area contributed by atoms with Crippen molar-refractivity contribution in [2.45, 2.75) is 58.2 Å². The van der Waals surface area contributed by atoms with E-state index in [-0.39, 0.29) is 42.9 Å². The normalized spacial score (nSPS) is 15.4. The number of hydrogen-bond donors (Lipinski definition) is 4. The Morgan fingerprint density at radius 1 is 1.13 bits per heavy atom. The molecule has 1 amide bonds. The summed E-state index contributed by atoms with van der Waals surface area (Å²) in [5, 5.41) is 17.3. The fourth-order valence-corrected chi connectivity index (χ4v) is 5.50. The van der Waals surface area contributed by atoms with Gasteiger partial charge in [0, 0.05) is 46.4 Å². The Balaban J connectivity index is 0.00000210. The van der Waals surface area contributed by atoms with Gasteiger partial charge < -0.3 is 25.5 Å². The lowest BCUT2D eigenvalue weighted by atomic mass is 9.99. The van der Waals surface area contributed by atoms with Crippen molar-refractivity contribution in [3.63, 3.8) is 0 Å². The van der Waals surface area contributed by atoms with Crippen LogP contribution in [0.25, 0.3) is 22.2 Å². The van der Waals surface area contributed by atoms with E-state index in [0.29, 0.717) is 36.0 Å². The summed E-state index contributed by atoms with van der Waals surface area (Å²) < 4.78 is 6.09. The third-order valence-electron chi connectivity index (χ3n) is 7.39. The van der Waals surface area contributed by atoms with Crippen LogP contribution in [0.15, 0.2) is 30.3 Å². The van der Waals surface area contributed by atoms with Crippen molar-refractivity contribution in [1.29, 1.82) is 0 Å². The number of fused-ring (bicyclic) bond motifs is 2. The number of rotatable bonds is 10. The molecule has 0 bridgehead atoms. The molecule has 1 fully saturated rings. The minimum absolute atomic E-state index is 0. The monoisotopic (exact) mass is 596 g/mol. The van der Waals surface area contributed by atoms with Gasteiger partial charge in [-0.1, -0.05) is 24.1 Å². The number of ether oxygens (including phenoxy) is 1. The maximum Gasteiger partial charge on any atom is 0.252 e. The summed E-state index contributed by atoms with van der Waals surface area (Å²) >= 11 is 6.70. The van der Waals surface area contributed by atoms with E-state index < -0.39 is 0 Å². The molecule has 1 aromatic heterocycles. The lowest BCUT2D eigenvalue weighted by Gasteiger charge is -2.26. The van der Waals surface area contributed by atoms with Gasteiger partial charge in [0.25, 0.3) is 5.91 Å². The zero-order valence-electron chi connectivity index (χ0n) is 22.6. The van der Waals surface area contributed by atoms with Gasteiger partial charge in [0.15, 0.2) is 0 Å². The van der Waals surface area contributed by atoms with Gasteiger partial charge in [-0.3, -0.25) is 9.69 Å². The van der Waals surface area contributed by atoms with Gasteiger partial charge in [0.2, 0.25) is 0 Å². The minimum atomic E-state index is -0.326. The molecule has 3 heterocycles. The number of aromatic nitrogens is 1. The smallest absolute Gasteiger partial charge is 0.252 e. The molecule has 4 N–H and O–H groups in total. The summed E-state index contributed by atoms with van der Waals surface area (Å²) in [6.07, 6.45) is 4.65. The van der Waals surface area contributed by atoms with Crippen LogP contribution in [0.3, 0.4) is 0 Å². The Morgan fingerprint density at radius 2 is 1.90 bits per heavy atom. The molecule has 2 aromatic carbocycles. The first-order chi connectivity index (χ1) is 17.8. The van der Waals surface area contributed by atoms with Crippen LogP contribution in [0.2, 0.25) is 5.02 Å². The third kappa shape index (κ3) is 7.20. The molecule has 0 unspecified atom stereocenters. The first-order valence-corrected chi connectivity index (χ1v) is 13.7. The van der Waals surface area contributed by atoms with Gasteiger partial charge >= 0.3 is 0 Å². The SMILES string of the molecule is CC(C)(CO)NCCCOc1cc(-c2cc3cc(CN4CCCCC4)ccc3[nH]2)c2c(c1Cl)CNC2=O.Cl.Cl. The van der Waals surface area contributed by atoms with Crippen molar-refractivity contribution in [2.24, 2.45) is 0 Å². The van der Waals surface area contributed by atoms with Crippen LogP contribution in [0, 0.1) is 0 Å². The number of hydrogen-bond acceptors (Lipinski definition) is 5. The Morgan fingerprint density at radius 3 is 2.64 bits per heavy atom. The number of aromatic amines is 1. The lowest BCUT2D eigenvalue weighted by Crippen LogP contribution is -2.43. The highest BCUT2D eigenvalue weighted by Crippen LogP contribution is 2.41. The molecular formula is C29H39Cl3N4O3. The molecule has 0 atom stereocenters. The second-order valence-electron chi connectivity index (χ2n) is 10.9. The highest BCUT2D eigenvalue weighted by atomic mass is 35.5. The van der Waals surface area contributed by atoms with Crippen molar-refractivity contribution in [1.82, 2.24) is 20.5 Å². The molecule has 1 saturated heterocycles. The number of halogens is 3. The van der Waals surface area contributed by atoms with Gasteiger partial charge in [-0.25, -0.2) is 0 Å². The van der Waals surface area contributed by atoms with Crippen molar-refractivity contribution in [3.05, 3.63) is 52.0 Å². The number of likely N-dealkylation sites (tertiary alicyclic amines) is 1. The third-order valence-corrected chi connectivity index (χ3v) is 7.80. The topological polar surface area (TPSA) is 89.6 Å². The standard InChI is InChI=1S/C29H37ClN4O3.2ClH/c1-29(2,18-35)32-9-6-12-37-25-15-21(26-22(27(25)30)16-31-28(26)36)24-14-20-13-19(7-8-23(20)33-24)17-34-10-4-3-5-11-34;;/h7-8,13-15,32-33,35H,3-6,9-12,16-18H2,1-2H3,(H,31,36);2*1H. The van der Waals surface area contributed by atoms with Gasteiger partial charge in [0.1, 0.15) is 5.75 Å². The number of nitrogens with zero attached hydrogens (tertiary/aromatic N) is 1. The number of carbonyl (C=O) groups excluding carboxylic acids is 1. The number of H-pyrrole nitrogens is 1. The molecule has 0 aliphatic carbocycles. The average molecular weight is 598 g/mol. The highest BCUT2D eigenvalue weighted by Gasteiger charge is 2.29. The maximum atomic E-state index is 12.8. The number of amides is 1. The van der Waals surface area contributed by atoms with Crippen LogP contribution < -0.4 is 15.4 Å². The predicted molar refractivity (Wildman–Crippen MR) is 163 cm³/mol. The number of piperidine rings is 1. The molecule has 2 aliphatic rings. The van der Waals surface area contributed by atoms with Crippen LogP contribution in [0.4, 0.5) is 0 Å². The molecule has 7 nitrogen and oxygen atoms in total.